The summed E-state index contributed by atoms with van der Waals surface area (Å²) in [5, 5.41) is 3.22. The zero-order valence-electron chi connectivity index (χ0n) is 19.1. The third-order valence-electron chi connectivity index (χ3n) is 4.82. The van der Waals surface area contributed by atoms with Crippen molar-refractivity contribution in [3.8, 4) is 11.5 Å². The summed E-state index contributed by atoms with van der Waals surface area (Å²) in [7, 11) is -0.548. The number of ether oxygens (including phenoxy) is 2. The van der Waals surface area contributed by atoms with Gasteiger partial charge in [-0.1, -0.05) is 37.1 Å². The fourth-order valence-electron chi connectivity index (χ4n) is 2.92. The molecule has 2 rings (SSSR count). The molecule has 0 heterocycles. The van der Waals surface area contributed by atoms with Gasteiger partial charge in [0.2, 0.25) is 10.0 Å². The lowest BCUT2D eigenvalue weighted by molar-refractivity contribution is 0.0939. The average molecular weight is 483 g/mol. The fourth-order valence-corrected chi connectivity index (χ4v) is 4.09. The Hall–Kier alpha value is -2.29. The SMILES string of the molecule is CCCCOc1c(Cl)cc(C(=O)NC(C)c2ccc(S(=O)(=O)N(C)C)cc2)cc1OCC. The molecule has 9 heteroatoms. The van der Waals surface area contributed by atoms with Gasteiger partial charge in [0.25, 0.3) is 5.91 Å². The number of hydrogen-bond acceptors (Lipinski definition) is 5. The third kappa shape index (κ3) is 6.37. The molecule has 1 atom stereocenters. The maximum atomic E-state index is 12.9. The summed E-state index contributed by atoms with van der Waals surface area (Å²) < 4.78 is 37.0. The van der Waals surface area contributed by atoms with E-state index in [-0.39, 0.29) is 16.8 Å². The van der Waals surface area contributed by atoms with Gasteiger partial charge in [0.05, 0.1) is 29.2 Å². The fraction of sp³-hybridized carbons (Fsp3) is 0.435. The van der Waals surface area contributed by atoms with Crippen LogP contribution in [0.4, 0.5) is 0 Å². The molecule has 32 heavy (non-hydrogen) atoms. The van der Waals surface area contributed by atoms with Crippen molar-refractivity contribution in [3.05, 3.63) is 52.5 Å². The van der Waals surface area contributed by atoms with Crippen LogP contribution >= 0.6 is 11.6 Å². The number of nitrogens with one attached hydrogen (secondary N) is 1. The van der Waals surface area contributed by atoms with Crippen LogP contribution in [0, 0.1) is 0 Å². The highest BCUT2D eigenvalue weighted by Crippen LogP contribution is 2.37. The molecule has 0 aliphatic heterocycles. The number of benzene rings is 2. The van der Waals surface area contributed by atoms with Gasteiger partial charge in [-0.05, 0) is 50.1 Å². The molecule has 2 aromatic rings. The molecule has 0 saturated heterocycles. The minimum atomic E-state index is -3.51. The molecule has 176 valence electrons. The lowest BCUT2D eigenvalue weighted by Crippen LogP contribution is -2.27. The van der Waals surface area contributed by atoms with Crippen LogP contribution in [-0.2, 0) is 10.0 Å². The van der Waals surface area contributed by atoms with Gasteiger partial charge < -0.3 is 14.8 Å². The van der Waals surface area contributed by atoms with Crippen LogP contribution in [0.5, 0.6) is 11.5 Å². The minimum absolute atomic E-state index is 0.191. The Kier molecular flexibility index (Phi) is 9.36. The van der Waals surface area contributed by atoms with Crippen LogP contribution in [0.15, 0.2) is 41.3 Å². The van der Waals surface area contributed by atoms with Gasteiger partial charge in [0.15, 0.2) is 11.5 Å². The number of carbonyl (C=O) groups is 1. The molecular weight excluding hydrogens is 452 g/mol. The summed E-state index contributed by atoms with van der Waals surface area (Å²) in [5.74, 6) is 0.529. The van der Waals surface area contributed by atoms with Gasteiger partial charge in [0, 0.05) is 19.7 Å². The van der Waals surface area contributed by atoms with Gasteiger partial charge in [-0.3, -0.25) is 4.79 Å². The third-order valence-corrected chi connectivity index (χ3v) is 6.93. The second-order valence-electron chi connectivity index (χ2n) is 7.47. The van der Waals surface area contributed by atoms with Crippen molar-refractivity contribution in [2.24, 2.45) is 0 Å². The zero-order chi connectivity index (χ0) is 23.9. The van der Waals surface area contributed by atoms with E-state index < -0.39 is 10.0 Å². The van der Waals surface area contributed by atoms with Gasteiger partial charge >= 0.3 is 0 Å². The molecule has 0 aromatic heterocycles. The predicted molar refractivity (Wildman–Crippen MR) is 126 cm³/mol. The van der Waals surface area contributed by atoms with E-state index in [4.69, 9.17) is 21.1 Å². The second kappa shape index (κ2) is 11.5. The van der Waals surface area contributed by atoms with Crippen LogP contribution in [0.3, 0.4) is 0 Å². The van der Waals surface area contributed by atoms with Gasteiger partial charge in [-0.2, -0.15) is 0 Å². The smallest absolute Gasteiger partial charge is 0.251 e. The van der Waals surface area contributed by atoms with Crippen LogP contribution < -0.4 is 14.8 Å². The summed E-state index contributed by atoms with van der Waals surface area (Å²) in [4.78, 5) is 13.0. The number of hydrogen-bond donors (Lipinski definition) is 1. The minimum Gasteiger partial charge on any atom is -0.490 e. The van der Waals surface area contributed by atoms with E-state index in [9.17, 15) is 13.2 Å². The monoisotopic (exact) mass is 482 g/mol. The van der Waals surface area contributed by atoms with E-state index in [2.05, 4.69) is 12.2 Å². The number of sulfonamides is 1. The number of halogens is 1. The Balaban J connectivity index is 2.19. The zero-order valence-corrected chi connectivity index (χ0v) is 20.7. The number of rotatable bonds is 11. The molecule has 0 aliphatic carbocycles. The molecular formula is C23H31ClN2O5S. The van der Waals surface area contributed by atoms with Gasteiger partial charge in [-0.25, -0.2) is 12.7 Å². The molecule has 0 aliphatic rings. The summed E-state index contributed by atoms with van der Waals surface area (Å²) in [5.41, 5.74) is 1.12. The maximum absolute atomic E-state index is 12.9. The number of amides is 1. The number of nitrogens with zero attached hydrogens (tertiary/aromatic N) is 1. The topological polar surface area (TPSA) is 84.9 Å². The van der Waals surface area contributed by atoms with Crippen molar-refractivity contribution < 1.29 is 22.7 Å². The lowest BCUT2D eigenvalue weighted by Gasteiger charge is -2.18. The molecule has 0 bridgehead atoms. The highest BCUT2D eigenvalue weighted by molar-refractivity contribution is 7.89. The summed E-state index contributed by atoms with van der Waals surface area (Å²) >= 11 is 6.39. The van der Waals surface area contributed by atoms with Crippen molar-refractivity contribution in [1.29, 1.82) is 0 Å². The number of carbonyl (C=O) groups excluding carboxylic acids is 1. The molecule has 0 spiro atoms. The Bertz CT molecular complexity index is 1020. The summed E-state index contributed by atoms with van der Waals surface area (Å²) in [6.07, 6.45) is 1.87. The average Bonchev–Trinajstić information content (AvgIpc) is 2.75. The highest BCUT2D eigenvalue weighted by Gasteiger charge is 2.20. The van der Waals surface area contributed by atoms with E-state index in [0.29, 0.717) is 35.3 Å². The summed E-state index contributed by atoms with van der Waals surface area (Å²) in [6, 6.07) is 9.24. The van der Waals surface area contributed by atoms with Crippen LogP contribution in [-0.4, -0.2) is 45.9 Å². The molecule has 1 amide bonds. The van der Waals surface area contributed by atoms with Crippen molar-refractivity contribution in [2.45, 2.75) is 44.6 Å². The molecule has 7 nitrogen and oxygen atoms in total. The Morgan fingerprint density at radius 1 is 1.12 bits per heavy atom. The van der Waals surface area contributed by atoms with E-state index in [0.717, 1.165) is 22.7 Å². The highest BCUT2D eigenvalue weighted by atomic mass is 35.5. The Morgan fingerprint density at radius 2 is 1.78 bits per heavy atom. The molecule has 1 N–H and O–H groups in total. The van der Waals surface area contributed by atoms with E-state index in [1.807, 2.05) is 13.8 Å². The largest absolute Gasteiger partial charge is 0.490 e. The maximum Gasteiger partial charge on any atom is 0.251 e. The molecule has 0 fully saturated rings. The first-order valence-electron chi connectivity index (χ1n) is 10.5. The normalized spacial score (nSPS) is 12.5. The number of unbranched alkanes of at least 4 members (excludes halogenated alkanes) is 1. The Labute approximate surface area is 195 Å². The van der Waals surface area contributed by atoms with Crippen LogP contribution in [0.1, 0.15) is 55.6 Å². The van der Waals surface area contributed by atoms with Gasteiger partial charge in [0.1, 0.15) is 0 Å². The predicted octanol–water partition coefficient (Wildman–Crippen LogP) is 4.66. The van der Waals surface area contributed by atoms with Crippen LogP contribution in [0.2, 0.25) is 5.02 Å². The first-order chi connectivity index (χ1) is 15.1. The van der Waals surface area contributed by atoms with Crippen molar-refractivity contribution in [1.82, 2.24) is 9.62 Å². The molecule has 2 aromatic carbocycles. The standard InChI is InChI=1S/C23H31ClN2O5S/c1-6-8-13-31-22-20(24)14-18(15-21(22)30-7-2)23(27)25-16(3)17-9-11-19(12-10-17)32(28,29)26(4)5/h9-12,14-16H,6-8,13H2,1-5H3,(H,25,27). The van der Waals surface area contributed by atoms with Crippen LogP contribution in [0.25, 0.3) is 0 Å². The molecule has 1 unspecified atom stereocenters. The molecule has 0 saturated carbocycles. The quantitative estimate of drug-likeness (QED) is 0.471. The summed E-state index contributed by atoms with van der Waals surface area (Å²) in [6.45, 7) is 6.65. The van der Waals surface area contributed by atoms with Crippen molar-refractivity contribution in [2.75, 3.05) is 27.3 Å². The van der Waals surface area contributed by atoms with E-state index in [1.54, 1.807) is 24.3 Å². The first kappa shape index (κ1) is 26.0. The van der Waals surface area contributed by atoms with Gasteiger partial charge in [-0.15, -0.1) is 0 Å². The second-order valence-corrected chi connectivity index (χ2v) is 10.0. The van der Waals surface area contributed by atoms with E-state index >= 15 is 0 Å². The Morgan fingerprint density at radius 3 is 2.34 bits per heavy atom. The van der Waals surface area contributed by atoms with E-state index in [1.165, 1.54) is 26.2 Å². The van der Waals surface area contributed by atoms with Crippen molar-refractivity contribution >= 4 is 27.5 Å². The lowest BCUT2D eigenvalue weighted by atomic mass is 10.1. The first-order valence-corrected chi connectivity index (χ1v) is 12.4. The molecule has 0 radical (unpaired) electrons. The van der Waals surface area contributed by atoms with Crippen molar-refractivity contribution in [3.63, 3.8) is 0 Å².